The SMILES string of the molecule is COc1cccc(-c2cc(F)ccc2C2Cc3nc(N)nc(C)c3C[N+]2(C)[O-])n1. The molecule has 1 aromatic carbocycles. The first-order chi connectivity index (χ1) is 13.8. The van der Waals surface area contributed by atoms with Gasteiger partial charge in [-0.25, -0.2) is 19.3 Å². The Morgan fingerprint density at radius 1 is 1.21 bits per heavy atom. The van der Waals surface area contributed by atoms with Crippen molar-refractivity contribution in [3.63, 3.8) is 0 Å². The summed E-state index contributed by atoms with van der Waals surface area (Å²) in [6, 6.07) is 9.23. The Labute approximate surface area is 168 Å². The molecule has 150 valence electrons. The highest BCUT2D eigenvalue weighted by molar-refractivity contribution is 5.65. The predicted molar refractivity (Wildman–Crippen MR) is 107 cm³/mol. The number of pyridine rings is 1. The molecule has 2 atom stereocenters. The van der Waals surface area contributed by atoms with Gasteiger partial charge in [-0.1, -0.05) is 6.07 Å². The van der Waals surface area contributed by atoms with E-state index in [9.17, 15) is 9.60 Å². The number of methoxy groups -OCH3 is 1. The maximum atomic E-state index is 14.1. The zero-order valence-electron chi connectivity index (χ0n) is 16.5. The van der Waals surface area contributed by atoms with E-state index in [0.717, 1.165) is 17.0 Å². The van der Waals surface area contributed by atoms with Gasteiger partial charge < -0.3 is 20.3 Å². The van der Waals surface area contributed by atoms with Crippen LogP contribution in [0.15, 0.2) is 36.4 Å². The van der Waals surface area contributed by atoms with Crippen LogP contribution < -0.4 is 10.5 Å². The van der Waals surface area contributed by atoms with Crippen molar-refractivity contribution < 1.29 is 13.8 Å². The number of hydrogen-bond acceptors (Lipinski definition) is 6. The maximum absolute atomic E-state index is 14.1. The molecule has 7 nitrogen and oxygen atoms in total. The second kappa shape index (κ2) is 7.06. The standard InChI is InChI=1S/C21H22FN5O2/c1-12-16-11-27(2,28)19(10-18(16)26-21(23)24-12)14-8-7-13(22)9-15(14)17-5-4-6-20(25-17)29-3/h4-9,19H,10-11H2,1-3H3,(H2,23,24,26). The van der Waals surface area contributed by atoms with E-state index in [1.807, 2.05) is 6.92 Å². The summed E-state index contributed by atoms with van der Waals surface area (Å²) in [5.41, 5.74) is 9.97. The van der Waals surface area contributed by atoms with Crippen LogP contribution in [0.4, 0.5) is 10.3 Å². The van der Waals surface area contributed by atoms with Gasteiger partial charge in [0.2, 0.25) is 11.8 Å². The van der Waals surface area contributed by atoms with Gasteiger partial charge in [0.25, 0.3) is 0 Å². The molecule has 3 aromatic rings. The lowest BCUT2D eigenvalue weighted by atomic mass is 9.88. The molecule has 2 N–H and O–H groups in total. The van der Waals surface area contributed by atoms with E-state index in [1.165, 1.54) is 19.2 Å². The van der Waals surface area contributed by atoms with Gasteiger partial charge in [0.15, 0.2) is 0 Å². The van der Waals surface area contributed by atoms with Crippen LogP contribution in [-0.2, 0) is 13.0 Å². The van der Waals surface area contributed by atoms with Gasteiger partial charge in [-0.2, -0.15) is 0 Å². The number of benzene rings is 1. The minimum absolute atomic E-state index is 0.191. The molecule has 0 saturated carbocycles. The summed E-state index contributed by atoms with van der Waals surface area (Å²) in [5.74, 6) is 0.213. The highest BCUT2D eigenvalue weighted by atomic mass is 19.1. The topological polar surface area (TPSA) is 97.0 Å². The fourth-order valence-electron chi connectivity index (χ4n) is 3.98. The number of anilines is 1. The van der Waals surface area contributed by atoms with Gasteiger partial charge in [-0.15, -0.1) is 0 Å². The Morgan fingerprint density at radius 3 is 2.76 bits per heavy atom. The van der Waals surface area contributed by atoms with Crippen LogP contribution in [0.3, 0.4) is 0 Å². The summed E-state index contributed by atoms with van der Waals surface area (Å²) < 4.78 is 18.8. The highest BCUT2D eigenvalue weighted by Crippen LogP contribution is 2.41. The van der Waals surface area contributed by atoms with Gasteiger partial charge in [0.05, 0.1) is 31.2 Å². The summed E-state index contributed by atoms with van der Waals surface area (Å²) in [5, 5.41) is 13.6. The number of nitrogens with two attached hydrogens (primary N) is 1. The largest absolute Gasteiger partial charge is 0.632 e. The molecular formula is C21H22FN5O2. The molecule has 0 spiro atoms. The lowest BCUT2D eigenvalue weighted by Gasteiger charge is -2.49. The summed E-state index contributed by atoms with van der Waals surface area (Å²) in [6.45, 7) is 2.05. The number of aryl methyl sites for hydroxylation is 1. The van der Waals surface area contributed by atoms with Crippen LogP contribution in [0.5, 0.6) is 5.88 Å². The van der Waals surface area contributed by atoms with Crippen molar-refractivity contribution >= 4 is 5.95 Å². The number of rotatable bonds is 3. The minimum atomic E-state index is -0.552. The predicted octanol–water partition coefficient (Wildman–Crippen LogP) is 3.32. The van der Waals surface area contributed by atoms with Crippen LogP contribution in [0, 0.1) is 17.9 Å². The average molecular weight is 395 g/mol. The molecule has 0 bridgehead atoms. The van der Waals surface area contributed by atoms with Crippen LogP contribution in [0.2, 0.25) is 0 Å². The second-order valence-electron chi connectivity index (χ2n) is 7.44. The van der Waals surface area contributed by atoms with Crippen molar-refractivity contribution in [2.24, 2.45) is 0 Å². The monoisotopic (exact) mass is 395 g/mol. The Kier molecular flexibility index (Phi) is 4.68. The van der Waals surface area contributed by atoms with Crippen LogP contribution in [0.1, 0.15) is 28.6 Å². The molecular weight excluding hydrogens is 373 g/mol. The minimum Gasteiger partial charge on any atom is -0.632 e. The number of nitrogens with zero attached hydrogens (tertiary/aromatic N) is 4. The van der Waals surface area contributed by atoms with Crippen molar-refractivity contribution in [2.75, 3.05) is 19.9 Å². The summed E-state index contributed by atoms with van der Waals surface area (Å²) in [6.07, 6.45) is 0.380. The van der Waals surface area contributed by atoms with Gasteiger partial charge in [0, 0.05) is 29.2 Å². The number of likely N-dealkylation sites (N-methyl/N-ethyl adjacent to an activating group) is 1. The molecule has 1 aliphatic rings. The molecule has 0 saturated heterocycles. The molecule has 3 heterocycles. The van der Waals surface area contributed by atoms with Gasteiger partial charge in [0.1, 0.15) is 18.4 Å². The van der Waals surface area contributed by atoms with E-state index in [4.69, 9.17) is 10.5 Å². The molecule has 4 rings (SSSR count). The zero-order chi connectivity index (χ0) is 20.8. The van der Waals surface area contributed by atoms with Crippen molar-refractivity contribution in [3.05, 3.63) is 69.9 Å². The normalized spacial score (nSPS) is 20.9. The lowest BCUT2D eigenvalue weighted by molar-refractivity contribution is -0.908. The number of halogens is 1. The molecule has 29 heavy (non-hydrogen) atoms. The first kappa shape index (κ1) is 19.2. The van der Waals surface area contributed by atoms with Crippen molar-refractivity contribution in [3.8, 4) is 17.1 Å². The quantitative estimate of drug-likeness (QED) is 0.540. The molecule has 0 aliphatic carbocycles. The van der Waals surface area contributed by atoms with E-state index >= 15 is 0 Å². The third-order valence-electron chi connectivity index (χ3n) is 5.42. The number of aromatic nitrogens is 3. The fraction of sp³-hybridized carbons (Fsp3) is 0.286. The average Bonchev–Trinajstić information content (AvgIpc) is 2.68. The molecule has 2 aromatic heterocycles. The highest BCUT2D eigenvalue weighted by Gasteiger charge is 2.37. The molecule has 8 heteroatoms. The number of hydroxylamine groups is 3. The first-order valence-electron chi connectivity index (χ1n) is 9.27. The third kappa shape index (κ3) is 3.52. The van der Waals surface area contributed by atoms with Crippen LogP contribution in [0.25, 0.3) is 11.3 Å². The smallest absolute Gasteiger partial charge is 0.220 e. The summed E-state index contributed by atoms with van der Waals surface area (Å²) >= 11 is 0. The summed E-state index contributed by atoms with van der Waals surface area (Å²) in [7, 11) is 3.14. The molecule has 1 aliphatic heterocycles. The van der Waals surface area contributed by atoms with E-state index in [1.54, 1.807) is 31.3 Å². The first-order valence-corrected chi connectivity index (χ1v) is 9.27. The molecule has 2 unspecified atom stereocenters. The summed E-state index contributed by atoms with van der Waals surface area (Å²) in [4.78, 5) is 13.0. The number of nitrogen functional groups attached to an aromatic ring is 1. The van der Waals surface area contributed by atoms with Gasteiger partial charge in [-0.05, 0) is 31.2 Å². The van der Waals surface area contributed by atoms with Crippen molar-refractivity contribution in [1.82, 2.24) is 15.0 Å². The van der Waals surface area contributed by atoms with E-state index < -0.39 is 16.5 Å². The maximum Gasteiger partial charge on any atom is 0.220 e. The Bertz CT molecular complexity index is 1090. The van der Waals surface area contributed by atoms with Crippen LogP contribution >= 0.6 is 0 Å². The second-order valence-corrected chi connectivity index (χ2v) is 7.44. The zero-order valence-corrected chi connectivity index (χ0v) is 16.5. The van der Waals surface area contributed by atoms with E-state index in [-0.39, 0.29) is 12.5 Å². The Balaban J connectivity index is 1.86. The molecule has 0 fully saturated rings. The number of ether oxygens (including phenoxy) is 1. The van der Waals surface area contributed by atoms with E-state index in [2.05, 4.69) is 15.0 Å². The van der Waals surface area contributed by atoms with E-state index in [0.29, 0.717) is 29.1 Å². The van der Waals surface area contributed by atoms with Crippen molar-refractivity contribution in [1.29, 1.82) is 0 Å². The van der Waals surface area contributed by atoms with Gasteiger partial charge in [-0.3, -0.25) is 0 Å². The number of quaternary nitrogens is 1. The fourth-order valence-corrected chi connectivity index (χ4v) is 3.98. The Hall–Kier alpha value is -3.10. The third-order valence-corrected chi connectivity index (χ3v) is 5.42. The van der Waals surface area contributed by atoms with Gasteiger partial charge >= 0.3 is 0 Å². The molecule has 0 amide bonds. The number of hydrogen-bond donors (Lipinski definition) is 1. The van der Waals surface area contributed by atoms with Crippen LogP contribution in [-0.4, -0.2) is 33.8 Å². The molecule has 0 radical (unpaired) electrons. The van der Waals surface area contributed by atoms with Crippen molar-refractivity contribution in [2.45, 2.75) is 25.9 Å². The lowest BCUT2D eigenvalue weighted by Crippen LogP contribution is -2.45. The Morgan fingerprint density at radius 2 is 2.00 bits per heavy atom. The number of fused-ring (bicyclic) bond motifs is 1.